The molecule has 0 spiro atoms. The number of ether oxygens (including phenoxy) is 1. The molecule has 6 heteroatoms. The van der Waals surface area contributed by atoms with Crippen molar-refractivity contribution in [3.63, 3.8) is 0 Å². The van der Waals surface area contributed by atoms with Crippen LogP contribution in [0.4, 0.5) is 0 Å². The number of imidazole rings is 1. The van der Waals surface area contributed by atoms with Gasteiger partial charge in [0.05, 0.1) is 6.20 Å². The first-order valence-electron chi connectivity index (χ1n) is 7.21. The molecule has 5 nitrogen and oxygen atoms in total. The third-order valence-corrected chi connectivity index (χ3v) is 4.31. The first-order valence-corrected chi connectivity index (χ1v) is 8.19. The Balaban J connectivity index is 1.68. The highest BCUT2D eigenvalue weighted by Crippen LogP contribution is 2.19. The maximum Gasteiger partial charge on any atom is 0.223 e. The maximum atomic E-state index is 12.2. The fourth-order valence-electron chi connectivity index (χ4n) is 2.11. The minimum absolute atomic E-state index is 0.103. The lowest BCUT2D eigenvalue weighted by Crippen LogP contribution is -2.13. The summed E-state index contributed by atoms with van der Waals surface area (Å²) in [5.41, 5.74) is 1.85. The van der Waals surface area contributed by atoms with Crippen LogP contribution >= 0.6 is 11.8 Å². The van der Waals surface area contributed by atoms with Crippen LogP contribution in [0.1, 0.15) is 11.3 Å². The molecule has 1 N–H and O–H groups in total. The molecule has 0 unspecified atom stereocenters. The Morgan fingerprint density at radius 2 is 2.13 bits per heavy atom. The SMILES string of the molecule is Cn1cc(OCc2ccccc2)c(=O)cc1CSc1ncc[nH]1. The van der Waals surface area contributed by atoms with Gasteiger partial charge in [-0.2, -0.15) is 0 Å². The number of H-pyrrole nitrogens is 1. The van der Waals surface area contributed by atoms with Gasteiger partial charge in [-0.3, -0.25) is 4.79 Å². The summed E-state index contributed by atoms with van der Waals surface area (Å²) in [4.78, 5) is 19.4. The number of aromatic nitrogens is 3. The van der Waals surface area contributed by atoms with Crippen molar-refractivity contribution in [1.82, 2.24) is 14.5 Å². The van der Waals surface area contributed by atoms with E-state index in [0.717, 1.165) is 16.4 Å². The zero-order valence-corrected chi connectivity index (χ0v) is 13.5. The van der Waals surface area contributed by atoms with E-state index in [9.17, 15) is 4.79 Å². The Labute approximate surface area is 138 Å². The van der Waals surface area contributed by atoms with Gasteiger partial charge in [0.1, 0.15) is 6.61 Å². The highest BCUT2D eigenvalue weighted by Gasteiger charge is 2.07. The molecule has 118 valence electrons. The lowest BCUT2D eigenvalue weighted by Gasteiger charge is -2.11. The number of rotatable bonds is 6. The molecule has 0 aliphatic heterocycles. The average molecular weight is 327 g/mol. The van der Waals surface area contributed by atoms with E-state index >= 15 is 0 Å². The van der Waals surface area contributed by atoms with Crippen LogP contribution in [0, 0.1) is 0 Å². The topological polar surface area (TPSA) is 59.9 Å². The average Bonchev–Trinajstić information content (AvgIpc) is 3.08. The molecule has 0 aliphatic carbocycles. The van der Waals surface area contributed by atoms with Gasteiger partial charge in [0.15, 0.2) is 10.9 Å². The number of hydrogen-bond donors (Lipinski definition) is 1. The molecule has 0 amide bonds. The minimum atomic E-state index is -0.103. The Morgan fingerprint density at radius 1 is 1.30 bits per heavy atom. The standard InChI is InChI=1S/C17H17N3O2S/c1-20-10-16(22-11-13-5-3-2-4-6-13)15(21)9-14(20)12-23-17-18-7-8-19-17/h2-10H,11-12H2,1H3,(H,18,19). The normalized spacial score (nSPS) is 10.7. The van der Waals surface area contributed by atoms with E-state index in [2.05, 4.69) is 9.97 Å². The number of pyridine rings is 1. The largest absolute Gasteiger partial charge is 0.483 e. The van der Waals surface area contributed by atoms with Crippen LogP contribution < -0.4 is 10.2 Å². The van der Waals surface area contributed by atoms with E-state index in [4.69, 9.17) is 4.74 Å². The highest BCUT2D eigenvalue weighted by molar-refractivity contribution is 7.98. The van der Waals surface area contributed by atoms with Gasteiger partial charge in [-0.25, -0.2) is 4.98 Å². The number of aromatic amines is 1. The van der Waals surface area contributed by atoms with Crippen molar-refractivity contribution in [2.45, 2.75) is 17.5 Å². The molecular formula is C17H17N3O2S. The first kappa shape index (κ1) is 15.4. The van der Waals surface area contributed by atoms with Gasteiger partial charge in [0, 0.05) is 37.0 Å². The van der Waals surface area contributed by atoms with Crippen LogP contribution in [0.15, 0.2) is 64.9 Å². The fourth-order valence-corrected chi connectivity index (χ4v) is 2.96. The van der Waals surface area contributed by atoms with Crippen molar-refractivity contribution < 1.29 is 4.74 Å². The second-order valence-corrected chi connectivity index (χ2v) is 6.03. The number of thioether (sulfide) groups is 1. The number of nitrogens with zero attached hydrogens (tertiary/aromatic N) is 2. The summed E-state index contributed by atoms with van der Waals surface area (Å²) in [7, 11) is 1.91. The second kappa shape index (κ2) is 7.19. The maximum absolute atomic E-state index is 12.2. The lowest BCUT2D eigenvalue weighted by molar-refractivity contribution is 0.300. The molecule has 0 saturated heterocycles. The van der Waals surface area contributed by atoms with Crippen molar-refractivity contribution >= 4 is 11.8 Å². The highest BCUT2D eigenvalue weighted by atomic mass is 32.2. The fraction of sp³-hybridized carbons (Fsp3) is 0.176. The molecule has 0 atom stereocenters. The molecule has 2 aromatic heterocycles. The Kier molecular flexibility index (Phi) is 4.83. The predicted molar refractivity (Wildman–Crippen MR) is 90.6 cm³/mol. The first-order chi connectivity index (χ1) is 11.2. The van der Waals surface area contributed by atoms with Gasteiger partial charge in [0.25, 0.3) is 0 Å². The smallest absolute Gasteiger partial charge is 0.223 e. The molecule has 1 aromatic carbocycles. The third-order valence-electron chi connectivity index (χ3n) is 3.37. The summed E-state index contributed by atoms with van der Waals surface area (Å²) >= 11 is 1.55. The van der Waals surface area contributed by atoms with Gasteiger partial charge >= 0.3 is 0 Å². The summed E-state index contributed by atoms with van der Waals surface area (Å²) in [6, 6.07) is 11.4. The van der Waals surface area contributed by atoms with Gasteiger partial charge in [-0.1, -0.05) is 42.1 Å². The van der Waals surface area contributed by atoms with Crippen molar-refractivity contribution in [3.05, 3.63) is 76.5 Å². The van der Waals surface area contributed by atoms with E-state index in [-0.39, 0.29) is 5.43 Å². The molecule has 0 bridgehead atoms. The number of benzene rings is 1. The summed E-state index contributed by atoms with van der Waals surface area (Å²) in [5.74, 6) is 1.03. The van der Waals surface area contributed by atoms with E-state index < -0.39 is 0 Å². The van der Waals surface area contributed by atoms with Crippen molar-refractivity contribution in [2.24, 2.45) is 7.05 Å². The Hall–Kier alpha value is -2.47. The van der Waals surface area contributed by atoms with Crippen LogP contribution in [0.2, 0.25) is 0 Å². The van der Waals surface area contributed by atoms with E-state index in [0.29, 0.717) is 18.1 Å². The van der Waals surface area contributed by atoms with Gasteiger partial charge in [0.2, 0.25) is 5.43 Å². The quantitative estimate of drug-likeness (QED) is 0.707. The molecule has 0 radical (unpaired) electrons. The second-order valence-electron chi connectivity index (χ2n) is 5.06. The molecule has 23 heavy (non-hydrogen) atoms. The van der Waals surface area contributed by atoms with Crippen molar-refractivity contribution in [2.75, 3.05) is 0 Å². The van der Waals surface area contributed by atoms with Crippen LogP contribution in [0.25, 0.3) is 0 Å². The monoisotopic (exact) mass is 327 g/mol. The minimum Gasteiger partial charge on any atom is -0.483 e. The Morgan fingerprint density at radius 3 is 2.87 bits per heavy atom. The third kappa shape index (κ3) is 4.04. The molecule has 3 rings (SSSR count). The number of nitrogens with one attached hydrogen (secondary N) is 1. The van der Waals surface area contributed by atoms with E-state index in [1.54, 1.807) is 36.4 Å². The molecular weight excluding hydrogens is 310 g/mol. The molecule has 2 heterocycles. The summed E-state index contributed by atoms with van der Waals surface area (Å²) in [6.45, 7) is 0.385. The summed E-state index contributed by atoms with van der Waals surface area (Å²) in [5, 5.41) is 0.835. The van der Waals surface area contributed by atoms with Gasteiger partial charge < -0.3 is 14.3 Å². The zero-order chi connectivity index (χ0) is 16.1. The molecule has 0 saturated carbocycles. The Bertz CT molecular complexity index is 814. The van der Waals surface area contributed by atoms with Crippen molar-refractivity contribution in [3.8, 4) is 5.75 Å². The van der Waals surface area contributed by atoms with Gasteiger partial charge in [-0.15, -0.1) is 0 Å². The van der Waals surface area contributed by atoms with Crippen LogP contribution in [-0.2, 0) is 19.4 Å². The molecule has 0 fully saturated rings. The lowest BCUT2D eigenvalue weighted by atomic mass is 10.2. The number of aryl methyl sites for hydroxylation is 1. The van der Waals surface area contributed by atoms with E-state index in [1.165, 1.54) is 0 Å². The summed E-state index contributed by atoms with van der Waals surface area (Å²) in [6.07, 6.45) is 5.23. The van der Waals surface area contributed by atoms with Crippen LogP contribution in [0.3, 0.4) is 0 Å². The molecule has 3 aromatic rings. The summed E-state index contributed by atoms with van der Waals surface area (Å²) < 4.78 is 7.56. The van der Waals surface area contributed by atoms with Crippen molar-refractivity contribution in [1.29, 1.82) is 0 Å². The number of hydrogen-bond acceptors (Lipinski definition) is 4. The van der Waals surface area contributed by atoms with E-state index in [1.807, 2.05) is 41.9 Å². The van der Waals surface area contributed by atoms with Crippen LogP contribution in [-0.4, -0.2) is 14.5 Å². The zero-order valence-electron chi connectivity index (χ0n) is 12.7. The van der Waals surface area contributed by atoms with Gasteiger partial charge in [-0.05, 0) is 5.56 Å². The molecule has 0 aliphatic rings. The van der Waals surface area contributed by atoms with Crippen LogP contribution in [0.5, 0.6) is 5.75 Å². The predicted octanol–water partition coefficient (Wildman–Crippen LogP) is 2.98.